The SMILES string of the molecule is COc1cc(-c2ccc(-c3cnc(NC4CC5CNC(C)C5C4)cn3)c(O)c2)ccn1. The number of phenolic OH excluding ortho intramolecular Hbond substituents is 1. The molecule has 160 valence electrons. The Morgan fingerprint density at radius 1 is 1.06 bits per heavy atom. The number of aromatic nitrogens is 3. The van der Waals surface area contributed by atoms with Crippen molar-refractivity contribution in [3.05, 3.63) is 48.9 Å². The van der Waals surface area contributed by atoms with Gasteiger partial charge in [-0.2, -0.15) is 0 Å². The molecule has 4 atom stereocenters. The van der Waals surface area contributed by atoms with Crippen molar-refractivity contribution in [3.8, 4) is 34.0 Å². The molecule has 2 aromatic heterocycles. The summed E-state index contributed by atoms with van der Waals surface area (Å²) in [6, 6.07) is 10.3. The van der Waals surface area contributed by atoms with Crippen LogP contribution in [0.5, 0.6) is 11.6 Å². The highest BCUT2D eigenvalue weighted by molar-refractivity contribution is 5.74. The van der Waals surface area contributed by atoms with Crippen molar-refractivity contribution in [2.24, 2.45) is 11.8 Å². The van der Waals surface area contributed by atoms with Crippen molar-refractivity contribution >= 4 is 5.82 Å². The number of nitrogens with zero attached hydrogens (tertiary/aromatic N) is 3. The Hall–Kier alpha value is -3.19. The fourth-order valence-electron chi connectivity index (χ4n) is 4.99. The molecule has 5 rings (SSSR count). The molecule has 1 aromatic carbocycles. The van der Waals surface area contributed by atoms with E-state index >= 15 is 0 Å². The molecule has 0 bridgehead atoms. The van der Waals surface area contributed by atoms with Crippen molar-refractivity contribution < 1.29 is 9.84 Å². The van der Waals surface area contributed by atoms with E-state index in [1.54, 1.807) is 31.8 Å². The lowest BCUT2D eigenvalue weighted by Crippen LogP contribution is -2.26. The largest absolute Gasteiger partial charge is 0.507 e. The van der Waals surface area contributed by atoms with Crippen LogP contribution in [0.4, 0.5) is 5.82 Å². The Morgan fingerprint density at radius 3 is 2.68 bits per heavy atom. The molecule has 1 aliphatic heterocycles. The molecule has 3 heterocycles. The number of nitrogens with one attached hydrogen (secondary N) is 2. The molecular formula is C24H27N5O2. The van der Waals surface area contributed by atoms with E-state index in [1.807, 2.05) is 24.3 Å². The first-order valence-electron chi connectivity index (χ1n) is 10.8. The number of hydrogen-bond acceptors (Lipinski definition) is 7. The van der Waals surface area contributed by atoms with Crippen LogP contribution < -0.4 is 15.4 Å². The Bertz CT molecular complexity index is 1070. The minimum Gasteiger partial charge on any atom is -0.507 e. The first-order valence-corrected chi connectivity index (χ1v) is 10.8. The number of aromatic hydroxyl groups is 1. The van der Waals surface area contributed by atoms with Gasteiger partial charge in [-0.15, -0.1) is 0 Å². The maximum Gasteiger partial charge on any atom is 0.213 e. The number of phenols is 1. The summed E-state index contributed by atoms with van der Waals surface area (Å²) in [5, 5.41) is 17.7. The number of benzene rings is 1. The molecule has 1 aliphatic carbocycles. The summed E-state index contributed by atoms with van der Waals surface area (Å²) in [6.45, 7) is 3.40. The van der Waals surface area contributed by atoms with E-state index in [2.05, 4.69) is 32.5 Å². The molecule has 2 fully saturated rings. The zero-order valence-corrected chi connectivity index (χ0v) is 17.7. The number of hydrogen-bond donors (Lipinski definition) is 3. The lowest BCUT2D eigenvalue weighted by atomic mass is 9.95. The average molecular weight is 418 g/mol. The topological polar surface area (TPSA) is 92.2 Å². The van der Waals surface area contributed by atoms with Gasteiger partial charge in [0.25, 0.3) is 0 Å². The number of rotatable bonds is 5. The number of pyridine rings is 1. The highest BCUT2D eigenvalue weighted by atomic mass is 16.5. The fraction of sp³-hybridized carbons (Fsp3) is 0.375. The van der Waals surface area contributed by atoms with Gasteiger partial charge >= 0.3 is 0 Å². The summed E-state index contributed by atoms with van der Waals surface area (Å²) in [6.07, 6.45) is 7.50. The van der Waals surface area contributed by atoms with Gasteiger partial charge in [-0.1, -0.05) is 6.07 Å². The zero-order valence-electron chi connectivity index (χ0n) is 17.7. The van der Waals surface area contributed by atoms with Crippen LogP contribution in [0.25, 0.3) is 22.4 Å². The summed E-state index contributed by atoms with van der Waals surface area (Å²) >= 11 is 0. The van der Waals surface area contributed by atoms with Crippen molar-refractivity contribution in [2.75, 3.05) is 19.0 Å². The predicted octanol–water partition coefficient (Wildman–Crippen LogP) is 3.72. The normalized spacial score (nSPS) is 24.7. The quantitative estimate of drug-likeness (QED) is 0.583. The molecule has 0 amide bonds. The Labute approximate surface area is 181 Å². The summed E-state index contributed by atoms with van der Waals surface area (Å²) in [5.41, 5.74) is 3.09. The third kappa shape index (κ3) is 3.93. The summed E-state index contributed by atoms with van der Waals surface area (Å²) in [5.74, 6) is 2.99. The van der Waals surface area contributed by atoms with Crippen LogP contribution in [0.1, 0.15) is 19.8 Å². The average Bonchev–Trinajstić information content (AvgIpc) is 3.35. The monoisotopic (exact) mass is 417 g/mol. The molecule has 1 saturated heterocycles. The maximum atomic E-state index is 10.6. The Balaban J connectivity index is 1.29. The fourth-order valence-corrected chi connectivity index (χ4v) is 4.99. The Morgan fingerprint density at radius 2 is 1.94 bits per heavy atom. The first kappa shape index (κ1) is 19.8. The second kappa shape index (κ2) is 8.15. The molecule has 3 N–H and O–H groups in total. The smallest absolute Gasteiger partial charge is 0.213 e. The molecular weight excluding hydrogens is 390 g/mol. The molecule has 7 nitrogen and oxygen atoms in total. The predicted molar refractivity (Wildman–Crippen MR) is 120 cm³/mol. The summed E-state index contributed by atoms with van der Waals surface area (Å²) < 4.78 is 5.18. The molecule has 3 aromatic rings. The molecule has 2 aliphatic rings. The minimum atomic E-state index is 0.161. The second-order valence-electron chi connectivity index (χ2n) is 8.54. The van der Waals surface area contributed by atoms with Crippen LogP contribution in [0, 0.1) is 11.8 Å². The molecule has 1 saturated carbocycles. The van der Waals surface area contributed by atoms with E-state index in [-0.39, 0.29) is 5.75 Å². The van der Waals surface area contributed by atoms with Crippen LogP contribution >= 0.6 is 0 Å². The van der Waals surface area contributed by atoms with Crippen molar-refractivity contribution in [3.63, 3.8) is 0 Å². The molecule has 31 heavy (non-hydrogen) atoms. The van der Waals surface area contributed by atoms with Crippen LogP contribution in [0.15, 0.2) is 48.9 Å². The van der Waals surface area contributed by atoms with Crippen molar-refractivity contribution in [1.29, 1.82) is 0 Å². The number of anilines is 1. The van der Waals surface area contributed by atoms with Gasteiger partial charge in [0.2, 0.25) is 5.88 Å². The van der Waals surface area contributed by atoms with Gasteiger partial charge in [-0.25, -0.2) is 9.97 Å². The number of fused-ring (bicyclic) bond motifs is 1. The van der Waals surface area contributed by atoms with E-state index in [0.29, 0.717) is 29.2 Å². The van der Waals surface area contributed by atoms with Crippen molar-refractivity contribution in [1.82, 2.24) is 20.3 Å². The van der Waals surface area contributed by atoms with Crippen LogP contribution in [0.3, 0.4) is 0 Å². The zero-order chi connectivity index (χ0) is 21.4. The van der Waals surface area contributed by atoms with Gasteiger partial charge < -0.3 is 20.5 Å². The Kier molecular flexibility index (Phi) is 5.19. The van der Waals surface area contributed by atoms with Gasteiger partial charge in [0.15, 0.2) is 0 Å². The van der Waals surface area contributed by atoms with E-state index < -0.39 is 0 Å². The lowest BCUT2D eigenvalue weighted by Gasteiger charge is -2.16. The van der Waals surface area contributed by atoms with Crippen LogP contribution in [0.2, 0.25) is 0 Å². The summed E-state index contributed by atoms with van der Waals surface area (Å²) in [7, 11) is 1.58. The molecule has 0 radical (unpaired) electrons. The van der Waals surface area contributed by atoms with Crippen molar-refractivity contribution in [2.45, 2.75) is 31.8 Å². The minimum absolute atomic E-state index is 0.161. The van der Waals surface area contributed by atoms with Crippen LogP contribution in [-0.2, 0) is 0 Å². The van der Waals surface area contributed by atoms with Gasteiger partial charge in [-0.3, -0.25) is 4.98 Å². The van der Waals surface area contributed by atoms with E-state index in [9.17, 15) is 5.11 Å². The molecule has 4 unspecified atom stereocenters. The summed E-state index contributed by atoms with van der Waals surface area (Å²) in [4.78, 5) is 13.2. The van der Waals surface area contributed by atoms with E-state index in [4.69, 9.17) is 4.74 Å². The van der Waals surface area contributed by atoms with E-state index in [1.165, 1.54) is 12.8 Å². The highest BCUT2D eigenvalue weighted by Crippen LogP contribution is 2.39. The number of methoxy groups -OCH3 is 1. The van der Waals surface area contributed by atoms with Gasteiger partial charge in [0, 0.05) is 29.9 Å². The standard InChI is InChI=1S/C24H27N5O2/c1-14-20-10-18(7-17(20)11-26-14)29-23-13-27-21(12-28-23)19-4-3-15(8-22(19)30)16-5-6-25-24(9-16)31-2/h3-6,8-9,12-14,17-18,20,26,30H,7,10-11H2,1-2H3,(H,28,29). The van der Waals surface area contributed by atoms with Crippen LogP contribution in [-0.4, -0.2) is 45.8 Å². The lowest BCUT2D eigenvalue weighted by molar-refractivity contribution is 0.398. The second-order valence-corrected chi connectivity index (χ2v) is 8.54. The third-order valence-corrected chi connectivity index (χ3v) is 6.65. The first-order chi connectivity index (χ1) is 15.1. The van der Waals surface area contributed by atoms with Gasteiger partial charge in [0.1, 0.15) is 11.6 Å². The number of ether oxygens (including phenoxy) is 1. The molecule has 7 heteroatoms. The highest BCUT2D eigenvalue weighted by Gasteiger charge is 2.41. The molecule has 0 spiro atoms. The third-order valence-electron chi connectivity index (χ3n) is 6.65. The van der Waals surface area contributed by atoms with Gasteiger partial charge in [0.05, 0.1) is 25.2 Å². The van der Waals surface area contributed by atoms with Gasteiger partial charge in [-0.05, 0) is 67.5 Å². The maximum absolute atomic E-state index is 10.6. The van der Waals surface area contributed by atoms with E-state index in [0.717, 1.165) is 35.3 Å².